The molecule has 0 atom stereocenters. The van der Waals surface area contributed by atoms with Crippen molar-refractivity contribution in [3.05, 3.63) is 47.5 Å². The molecule has 28 heavy (non-hydrogen) atoms. The number of methoxy groups -OCH3 is 4. The van der Waals surface area contributed by atoms with Gasteiger partial charge in [-0.05, 0) is 30.7 Å². The molecule has 0 saturated carbocycles. The van der Waals surface area contributed by atoms with E-state index in [0.29, 0.717) is 41.5 Å². The molecule has 0 amide bonds. The number of hydrogen-bond acceptors (Lipinski definition) is 5. The van der Waals surface area contributed by atoms with E-state index in [9.17, 15) is 4.57 Å². The molecule has 0 aliphatic heterocycles. The Kier molecular flexibility index (Phi) is 8.25. The molecule has 0 spiro atoms. The maximum Gasteiger partial charge on any atom is 0.126 e. The van der Waals surface area contributed by atoms with E-state index in [4.69, 9.17) is 18.9 Å². The first-order valence-electron chi connectivity index (χ1n) is 9.48. The summed E-state index contributed by atoms with van der Waals surface area (Å²) >= 11 is 0. The smallest absolute Gasteiger partial charge is 0.126 e. The van der Waals surface area contributed by atoms with Crippen LogP contribution in [0.5, 0.6) is 23.0 Å². The summed E-state index contributed by atoms with van der Waals surface area (Å²) in [5.41, 5.74) is 1.70. The molecular formula is C22H31O5P. The minimum atomic E-state index is -2.66. The molecule has 154 valence electrons. The lowest BCUT2D eigenvalue weighted by molar-refractivity contribution is 0.386. The maximum atomic E-state index is 14.2. The number of benzene rings is 2. The zero-order chi connectivity index (χ0) is 20.6. The molecule has 0 aromatic heterocycles. The van der Waals surface area contributed by atoms with Gasteiger partial charge in [0.15, 0.2) is 0 Å². The summed E-state index contributed by atoms with van der Waals surface area (Å²) in [7, 11) is 3.83. The number of hydrogen-bond donors (Lipinski definition) is 0. The van der Waals surface area contributed by atoms with E-state index < -0.39 is 7.14 Å². The highest BCUT2D eigenvalue weighted by Crippen LogP contribution is 2.57. The minimum Gasteiger partial charge on any atom is -0.496 e. The van der Waals surface area contributed by atoms with Crippen molar-refractivity contribution < 1.29 is 23.5 Å². The zero-order valence-corrected chi connectivity index (χ0v) is 18.4. The first-order chi connectivity index (χ1) is 13.5. The van der Waals surface area contributed by atoms with Crippen LogP contribution in [0.3, 0.4) is 0 Å². The Morgan fingerprint density at radius 3 is 1.36 bits per heavy atom. The van der Waals surface area contributed by atoms with Gasteiger partial charge < -0.3 is 23.5 Å². The second-order valence-electron chi connectivity index (χ2n) is 6.73. The van der Waals surface area contributed by atoms with E-state index in [2.05, 4.69) is 6.92 Å². The van der Waals surface area contributed by atoms with E-state index in [0.717, 1.165) is 24.0 Å². The quantitative estimate of drug-likeness (QED) is 0.456. The summed E-state index contributed by atoms with van der Waals surface area (Å²) in [6, 6.07) is 11.3. The largest absolute Gasteiger partial charge is 0.496 e. The van der Waals surface area contributed by atoms with Crippen LogP contribution in [0.25, 0.3) is 0 Å². The zero-order valence-electron chi connectivity index (χ0n) is 17.5. The molecular weight excluding hydrogens is 375 g/mol. The third-order valence-electron chi connectivity index (χ3n) is 4.87. The first-order valence-corrected chi connectivity index (χ1v) is 11.7. The van der Waals surface area contributed by atoms with Crippen molar-refractivity contribution in [2.24, 2.45) is 0 Å². The normalized spacial score (nSPS) is 11.2. The van der Waals surface area contributed by atoms with Gasteiger partial charge in [-0.15, -0.1) is 0 Å². The summed E-state index contributed by atoms with van der Waals surface area (Å²) in [6.45, 7) is 2.11. The van der Waals surface area contributed by atoms with Gasteiger partial charge in [0.1, 0.15) is 23.0 Å². The van der Waals surface area contributed by atoms with E-state index in [-0.39, 0.29) is 0 Å². The fraction of sp³-hybridized carbons (Fsp3) is 0.455. The van der Waals surface area contributed by atoms with Crippen LogP contribution in [0, 0.1) is 0 Å². The lowest BCUT2D eigenvalue weighted by Gasteiger charge is -2.23. The molecule has 0 aliphatic rings. The number of unbranched alkanes of at least 4 members (excludes halogenated alkanes) is 1. The lowest BCUT2D eigenvalue weighted by Crippen LogP contribution is -2.04. The van der Waals surface area contributed by atoms with Gasteiger partial charge in [-0.25, -0.2) is 0 Å². The van der Waals surface area contributed by atoms with Gasteiger partial charge in [-0.1, -0.05) is 25.5 Å². The highest BCUT2D eigenvalue weighted by Gasteiger charge is 2.29. The Morgan fingerprint density at radius 1 is 0.714 bits per heavy atom. The minimum absolute atomic E-state index is 0.404. The van der Waals surface area contributed by atoms with Gasteiger partial charge in [0.2, 0.25) is 0 Å². The van der Waals surface area contributed by atoms with Crippen molar-refractivity contribution >= 4 is 7.14 Å². The van der Waals surface area contributed by atoms with Crippen molar-refractivity contribution in [1.82, 2.24) is 0 Å². The van der Waals surface area contributed by atoms with Gasteiger partial charge >= 0.3 is 0 Å². The van der Waals surface area contributed by atoms with Crippen LogP contribution in [0.4, 0.5) is 0 Å². The SMILES string of the molecule is CCCCP(=O)(Cc1c(OC)cccc1OC)Cc1c(OC)cccc1OC. The summed E-state index contributed by atoms with van der Waals surface area (Å²) < 4.78 is 36.3. The predicted octanol–water partition coefficient (Wildman–Crippen LogP) is 5.58. The van der Waals surface area contributed by atoms with Crippen molar-refractivity contribution in [3.8, 4) is 23.0 Å². The van der Waals surface area contributed by atoms with E-state index in [1.807, 2.05) is 36.4 Å². The standard InChI is InChI=1S/C22H31O5P/c1-6-7-14-28(23,15-17-19(24-2)10-8-11-20(17)25-3)16-18-21(26-4)12-9-13-22(18)27-5/h8-13H,6-7,14-16H2,1-5H3. The average Bonchev–Trinajstić information content (AvgIpc) is 2.72. The Labute approximate surface area is 168 Å². The van der Waals surface area contributed by atoms with Crippen LogP contribution in [0.2, 0.25) is 0 Å². The van der Waals surface area contributed by atoms with E-state index in [1.54, 1.807) is 28.4 Å². The average molecular weight is 406 g/mol. The Morgan fingerprint density at radius 2 is 1.07 bits per heavy atom. The topological polar surface area (TPSA) is 54.0 Å². The molecule has 0 bridgehead atoms. The predicted molar refractivity (Wildman–Crippen MR) is 114 cm³/mol. The van der Waals surface area contributed by atoms with Crippen LogP contribution >= 0.6 is 7.14 Å². The summed E-state index contributed by atoms with van der Waals surface area (Å²) in [5, 5.41) is 0. The van der Waals surface area contributed by atoms with Crippen LogP contribution in [-0.4, -0.2) is 34.6 Å². The van der Waals surface area contributed by atoms with Crippen molar-refractivity contribution in [2.75, 3.05) is 34.6 Å². The van der Waals surface area contributed by atoms with Crippen LogP contribution in [-0.2, 0) is 16.9 Å². The van der Waals surface area contributed by atoms with Crippen LogP contribution < -0.4 is 18.9 Å². The summed E-state index contributed by atoms with van der Waals surface area (Å²) in [5.74, 6) is 2.79. The second kappa shape index (κ2) is 10.4. The molecule has 0 N–H and O–H groups in total. The molecule has 0 radical (unpaired) electrons. The fourth-order valence-electron chi connectivity index (χ4n) is 3.40. The Hall–Kier alpha value is -2.13. The molecule has 0 fully saturated rings. The van der Waals surface area contributed by atoms with Gasteiger partial charge in [0.05, 0.1) is 35.6 Å². The summed E-state index contributed by atoms with van der Waals surface area (Å²) in [6.07, 6.45) is 3.33. The maximum absolute atomic E-state index is 14.2. The van der Waals surface area contributed by atoms with Crippen molar-refractivity contribution in [3.63, 3.8) is 0 Å². The Bertz CT molecular complexity index is 713. The lowest BCUT2D eigenvalue weighted by atomic mass is 10.2. The number of ether oxygens (including phenoxy) is 4. The molecule has 0 heterocycles. The molecule has 2 rings (SSSR count). The van der Waals surface area contributed by atoms with E-state index >= 15 is 0 Å². The van der Waals surface area contributed by atoms with Crippen LogP contribution in [0.1, 0.15) is 30.9 Å². The molecule has 2 aromatic rings. The highest BCUT2D eigenvalue weighted by atomic mass is 31.2. The second-order valence-corrected chi connectivity index (χ2v) is 9.93. The van der Waals surface area contributed by atoms with Gasteiger partial charge in [0.25, 0.3) is 0 Å². The molecule has 0 saturated heterocycles. The van der Waals surface area contributed by atoms with Gasteiger partial charge in [0, 0.05) is 29.6 Å². The third kappa shape index (κ3) is 5.23. The number of rotatable bonds is 11. The molecule has 6 heteroatoms. The fourth-order valence-corrected chi connectivity index (χ4v) is 6.50. The van der Waals surface area contributed by atoms with Gasteiger partial charge in [-0.3, -0.25) is 0 Å². The highest BCUT2D eigenvalue weighted by molar-refractivity contribution is 7.62. The van der Waals surface area contributed by atoms with Crippen molar-refractivity contribution in [2.45, 2.75) is 32.1 Å². The monoisotopic (exact) mass is 406 g/mol. The summed E-state index contributed by atoms with van der Waals surface area (Å²) in [4.78, 5) is 0. The van der Waals surface area contributed by atoms with Crippen molar-refractivity contribution in [1.29, 1.82) is 0 Å². The molecule has 0 unspecified atom stereocenters. The molecule has 5 nitrogen and oxygen atoms in total. The van der Waals surface area contributed by atoms with Crippen LogP contribution in [0.15, 0.2) is 36.4 Å². The Balaban J connectivity index is 2.48. The molecule has 2 aromatic carbocycles. The van der Waals surface area contributed by atoms with Gasteiger partial charge in [-0.2, -0.15) is 0 Å². The first kappa shape index (κ1) is 22.2. The molecule has 0 aliphatic carbocycles. The third-order valence-corrected chi connectivity index (χ3v) is 7.79. The van der Waals surface area contributed by atoms with E-state index in [1.165, 1.54) is 0 Å².